The van der Waals surface area contributed by atoms with Gasteiger partial charge in [0.15, 0.2) is 23.8 Å². The summed E-state index contributed by atoms with van der Waals surface area (Å²) in [5.74, 6) is 0. The molecule has 2 heterocycles. The lowest BCUT2D eigenvalue weighted by atomic mass is 10.00. The maximum atomic E-state index is 2.32. The predicted molar refractivity (Wildman–Crippen MR) is 137 cm³/mol. The average molecular weight is 437 g/mol. The fourth-order valence-electron chi connectivity index (χ4n) is 4.54. The number of hydrogen-bond acceptors (Lipinski definition) is 0. The summed E-state index contributed by atoms with van der Waals surface area (Å²) < 4.78 is 4.62. The number of rotatable bonds is 8. The highest BCUT2D eigenvalue weighted by molar-refractivity contribution is 5.70. The molecule has 4 aromatic rings. The Balaban J connectivity index is 1.50. The van der Waals surface area contributed by atoms with E-state index in [-0.39, 0.29) is 0 Å². The van der Waals surface area contributed by atoms with Crippen molar-refractivity contribution in [1.29, 1.82) is 0 Å². The molecule has 0 saturated heterocycles. The molecule has 0 unspecified atom stereocenters. The van der Waals surface area contributed by atoms with E-state index in [1.54, 1.807) is 0 Å². The fourth-order valence-corrected chi connectivity index (χ4v) is 4.54. The van der Waals surface area contributed by atoms with Gasteiger partial charge in [-0.1, -0.05) is 61.7 Å². The highest BCUT2D eigenvalue weighted by Crippen LogP contribution is 2.25. The monoisotopic (exact) mass is 436 g/mol. The molecule has 0 saturated carbocycles. The van der Waals surface area contributed by atoms with E-state index in [2.05, 4.69) is 122 Å². The lowest BCUT2D eigenvalue weighted by molar-refractivity contribution is -0.697. The Morgan fingerprint density at radius 3 is 1.70 bits per heavy atom. The van der Waals surface area contributed by atoms with E-state index < -0.39 is 0 Å². The van der Waals surface area contributed by atoms with E-state index in [9.17, 15) is 0 Å². The summed E-state index contributed by atoms with van der Waals surface area (Å²) in [6.45, 7) is 9.87. The molecule has 0 aliphatic carbocycles. The number of aryl methyl sites for hydroxylation is 4. The van der Waals surface area contributed by atoms with Crippen LogP contribution in [0.3, 0.4) is 0 Å². The molecule has 4 rings (SSSR count). The lowest BCUT2D eigenvalue weighted by Crippen LogP contribution is -2.37. The summed E-state index contributed by atoms with van der Waals surface area (Å²) in [6, 6.07) is 26.7. The van der Waals surface area contributed by atoms with Gasteiger partial charge in [-0.05, 0) is 35.6 Å². The highest BCUT2D eigenvalue weighted by Gasteiger charge is 2.16. The van der Waals surface area contributed by atoms with Crippen LogP contribution in [0.4, 0.5) is 0 Å². The van der Waals surface area contributed by atoms with Crippen molar-refractivity contribution in [3.05, 3.63) is 102 Å². The van der Waals surface area contributed by atoms with Gasteiger partial charge in [-0.3, -0.25) is 0 Å². The van der Waals surface area contributed by atoms with E-state index in [1.165, 1.54) is 70.6 Å². The Bertz CT molecular complexity index is 1160. The van der Waals surface area contributed by atoms with Crippen LogP contribution in [-0.2, 0) is 6.54 Å². The van der Waals surface area contributed by atoms with Gasteiger partial charge in [0, 0.05) is 56.7 Å². The molecular weight excluding hydrogens is 400 g/mol. The summed E-state index contributed by atoms with van der Waals surface area (Å²) in [4.78, 5) is 0. The first-order chi connectivity index (χ1) is 16.0. The highest BCUT2D eigenvalue weighted by atomic mass is 15.0. The SMILES string of the molecule is CCCCCC[n+]1ccc(-c2ccc(-c3cc(C)[n+](-c4ccc(C)cc4)c(C)c3)cc2)cc1. The molecular formula is C31H36N2+2. The number of nitrogens with zero attached hydrogens (tertiary/aromatic N) is 2. The maximum absolute atomic E-state index is 2.32. The van der Waals surface area contributed by atoms with Gasteiger partial charge in [0.1, 0.15) is 6.54 Å². The molecule has 0 spiro atoms. The van der Waals surface area contributed by atoms with Crippen LogP contribution in [0.5, 0.6) is 0 Å². The van der Waals surface area contributed by atoms with Gasteiger partial charge in [-0.2, -0.15) is 4.57 Å². The molecule has 2 heteroatoms. The van der Waals surface area contributed by atoms with Gasteiger partial charge in [-0.15, -0.1) is 0 Å². The van der Waals surface area contributed by atoms with Crippen molar-refractivity contribution in [2.75, 3.05) is 0 Å². The average Bonchev–Trinajstić information content (AvgIpc) is 2.83. The Morgan fingerprint density at radius 2 is 1.12 bits per heavy atom. The minimum Gasteiger partial charge on any atom is -0.205 e. The van der Waals surface area contributed by atoms with Gasteiger partial charge >= 0.3 is 0 Å². The zero-order valence-electron chi connectivity index (χ0n) is 20.5. The van der Waals surface area contributed by atoms with Crippen LogP contribution in [0.1, 0.15) is 49.6 Å². The second kappa shape index (κ2) is 10.6. The zero-order chi connectivity index (χ0) is 23.2. The Kier molecular flexibility index (Phi) is 7.34. The van der Waals surface area contributed by atoms with E-state index in [0.717, 1.165) is 6.54 Å². The van der Waals surface area contributed by atoms with Crippen LogP contribution < -0.4 is 9.13 Å². The first-order valence-corrected chi connectivity index (χ1v) is 12.3. The topological polar surface area (TPSA) is 7.76 Å². The van der Waals surface area contributed by atoms with Crippen LogP contribution in [0.15, 0.2) is 85.2 Å². The van der Waals surface area contributed by atoms with Crippen LogP contribution in [-0.4, -0.2) is 0 Å². The van der Waals surface area contributed by atoms with Gasteiger partial charge in [0.05, 0.1) is 0 Å². The summed E-state index contributed by atoms with van der Waals surface area (Å²) >= 11 is 0. The minimum absolute atomic E-state index is 1.11. The zero-order valence-corrected chi connectivity index (χ0v) is 20.5. The quantitative estimate of drug-likeness (QED) is 0.206. The molecule has 0 fully saturated rings. The normalized spacial score (nSPS) is 11.0. The number of hydrogen-bond donors (Lipinski definition) is 0. The molecule has 2 nitrogen and oxygen atoms in total. The molecule has 168 valence electrons. The van der Waals surface area contributed by atoms with Crippen molar-refractivity contribution >= 4 is 0 Å². The third-order valence-corrected chi connectivity index (χ3v) is 6.44. The minimum atomic E-state index is 1.11. The molecule has 0 aliphatic rings. The van der Waals surface area contributed by atoms with Crippen molar-refractivity contribution in [2.45, 2.75) is 59.9 Å². The van der Waals surface area contributed by atoms with Gasteiger partial charge < -0.3 is 0 Å². The molecule has 2 aromatic carbocycles. The summed E-state index contributed by atoms with van der Waals surface area (Å²) in [5, 5.41) is 0. The number of aromatic nitrogens is 2. The molecule has 0 radical (unpaired) electrons. The molecule has 0 amide bonds. The smallest absolute Gasteiger partial charge is 0.205 e. The van der Waals surface area contributed by atoms with Crippen molar-refractivity contribution in [3.63, 3.8) is 0 Å². The molecule has 33 heavy (non-hydrogen) atoms. The standard InChI is InChI=1S/C31H36N2/c1-5-6-7-8-19-32-20-17-29(18-21-32)27-11-13-28(14-12-27)30-22-25(3)33(26(4)23-30)31-15-9-24(2)10-16-31/h9-18,20-23H,5-8,19H2,1-4H3/q+2. The Morgan fingerprint density at radius 1 is 0.576 bits per heavy atom. The summed E-state index contributed by atoms with van der Waals surface area (Å²) in [7, 11) is 0. The third kappa shape index (κ3) is 5.57. The molecule has 0 bridgehead atoms. The third-order valence-electron chi connectivity index (χ3n) is 6.44. The van der Waals surface area contributed by atoms with Gasteiger partial charge in [0.2, 0.25) is 5.69 Å². The molecule has 0 aliphatic heterocycles. The van der Waals surface area contributed by atoms with Crippen LogP contribution in [0.25, 0.3) is 27.9 Å². The summed E-state index contributed by atoms with van der Waals surface area (Å²) in [6.07, 6.45) is 9.61. The van der Waals surface area contributed by atoms with Crippen molar-refractivity contribution in [1.82, 2.24) is 0 Å². The predicted octanol–water partition coefficient (Wildman–Crippen LogP) is 7.09. The van der Waals surface area contributed by atoms with Gasteiger partial charge in [0.25, 0.3) is 0 Å². The Hall–Kier alpha value is -3.26. The molecule has 2 aromatic heterocycles. The molecule has 0 atom stereocenters. The van der Waals surface area contributed by atoms with Crippen molar-refractivity contribution < 1.29 is 9.13 Å². The van der Waals surface area contributed by atoms with E-state index in [4.69, 9.17) is 0 Å². The maximum Gasteiger partial charge on any atom is 0.211 e. The largest absolute Gasteiger partial charge is 0.211 e. The number of pyridine rings is 2. The number of unbranched alkanes of at least 4 members (excludes halogenated alkanes) is 3. The van der Waals surface area contributed by atoms with Crippen LogP contribution >= 0.6 is 0 Å². The second-order valence-corrected chi connectivity index (χ2v) is 9.16. The van der Waals surface area contributed by atoms with Crippen LogP contribution in [0, 0.1) is 20.8 Å². The van der Waals surface area contributed by atoms with Crippen molar-refractivity contribution in [3.8, 4) is 27.9 Å². The lowest BCUT2D eigenvalue weighted by Gasteiger charge is -2.09. The van der Waals surface area contributed by atoms with Crippen molar-refractivity contribution in [2.24, 2.45) is 0 Å². The van der Waals surface area contributed by atoms with Crippen LogP contribution in [0.2, 0.25) is 0 Å². The number of benzene rings is 2. The fraction of sp³-hybridized carbons (Fsp3) is 0.290. The van der Waals surface area contributed by atoms with E-state index in [1.807, 2.05) is 0 Å². The van der Waals surface area contributed by atoms with E-state index in [0.29, 0.717) is 0 Å². The first-order valence-electron chi connectivity index (χ1n) is 12.3. The van der Waals surface area contributed by atoms with Gasteiger partial charge in [-0.25, -0.2) is 4.57 Å². The molecule has 0 N–H and O–H groups in total. The Labute approximate surface area is 199 Å². The first kappa shape index (κ1) is 22.9. The second-order valence-electron chi connectivity index (χ2n) is 9.16. The van der Waals surface area contributed by atoms with E-state index >= 15 is 0 Å². The summed E-state index contributed by atoms with van der Waals surface area (Å²) in [5.41, 5.74) is 10.0.